The SMILES string of the molecule is O=C(O)C1CCN(C(=O)C2=Cc3cc(Br)ccc3OC2)CC1. The molecule has 1 aromatic rings. The Morgan fingerprint density at radius 2 is 2.00 bits per heavy atom. The number of nitrogens with zero attached hydrogens (tertiary/aromatic N) is 1. The molecule has 0 aromatic heterocycles. The van der Waals surface area contributed by atoms with E-state index in [1.54, 1.807) is 4.90 Å². The molecule has 1 saturated heterocycles. The van der Waals surface area contributed by atoms with Crippen molar-refractivity contribution in [2.75, 3.05) is 19.7 Å². The fraction of sp³-hybridized carbons (Fsp3) is 0.375. The molecule has 2 aliphatic heterocycles. The van der Waals surface area contributed by atoms with E-state index in [9.17, 15) is 9.59 Å². The van der Waals surface area contributed by atoms with Crippen molar-refractivity contribution in [1.29, 1.82) is 0 Å². The molecule has 0 unspecified atom stereocenters. The monoisotopic (exact) mass is 365 g/mol. The maximum absolute atomic E-state index is 12.5. The summed E-state index contributed by atoms with van der Waals surface area (Å²) in [7, 11) is 0. The third-order valence-electron chi connectivity index (χ3n) is 4.09. The number of aliphatic carboxylic acids is 1. The molecule has 116 valence electrons. The lowest BCUT2D eigenvalue weighted by molar-refractivity contribution is -0.145. The summed E-state index contributed by atoms with van der Waals surface area (Å²) in [4.78, 5) is 25.2. The minimum atomic E-state index is -0.772. The molecule has 0 atom stereocenters. The summed E-state index contributed by atoms with van der Waals surface area (Å²) in [6.45, 7) is 1.23. The average Bonchev–Trinajstić information content (AvgIpc) is 2.53. The Balaban J connectivity index is 1.72. The van der Waals surface area contributed by atoms with E-state index in [2.05, 4.69) is 15.9 Å². The zero-order chi connectivity index (χ0) is 15.7. The molecule has 0 aliphatic carbocycles. The molecule has 1 amide bonds. The van der Waals surface area contributed by atoms with Crippen molar-refractivity contribution in [2.24, 2.45) is 5.92 Å². The highest BCUT2D eigenvalue weighted by Gasteiger charge is 2.29. The van der Waals surface area contributed by atoms with Gasteiger partial charge >= 0.3 is 5.97 Å². The molecule has 1 aromatic carbocycles. The number of carbonyl (C=O) groups excluding carboxylic acids is 1. The number of hydrogen-bond donors (Lipinski definition) is 1. The van der Waals surface area contributed by atoms with Crippen LogP contribution < -0.4 is 4.74 Å². The number of ether oxygens (including phenoxy) is 1. The van der Waals surface area contributed by atoms with E-state index in [0.29, 0.717) is 31.5 Å². The fourth-order valence-corrected chi connectivity index (χ4v) is 3.18. The van der Waals surface area contributed by atoms with Gasteiger partial charge in [0.1, 0.15) is 12.4 Å². The van der Waals surface area contributed by atoms with Crippen LogP contribution in [-0.2, 0) is 9.59 Å². The number of carboxylic acid groups (broad SMARTS) is 1. The van der Waals surface area contributed by atoms with E-state index in [0.717, 1.165) is 15.8 Å². The number of halogens is 1. The van der Waals surface area contributed by atoms with Crippen molar-refractivity contribution < 1.29 is 19.4 Å². The first kappa shape index (κ1) is 15.1. The van der Waals surface area contributed by atoms with E-state index >= 15 is 0 Å². The summed E-state index contributed by atoms with van der Waals surface area (Å²) in [6.07, 6.45) is 2.88. The molecule has 5 nitrogen and oxygen atoms in total. The summed E-state index contributed by atoms with van der Waals surface area (Å²) in [5, 5.41) is 9.01. The molecule has 2 heterocycles. The summed E-state index contributed by atoms with van der Waals surface area (Å²) in [6, 6.07) is 5.68. The Hall–Kier alpha value is -1.82. The van der Waals surface area contributed by atoms with Crippen LogP contribution in [0.3, 0.4) is 0 Å². The first-order valence-electron chi connectivity index (χ1n) is 7.19. The Kier molecular flexibility index (Phi) is 4.20. The van der Waals surface area contributed by atoms with Gasteiger partial charge in [-0.3, -0.25) is 9.59 Å². The largest absolute Gasteiger partial charge is 0.488 e. The topological polar surface area (TPSA) is 66.8 Å². The number of fused-ring (bicyclic) bond motifs is 1. The van der Waals surface area contributed by atoms with Gasteiger partial charge in [0, 0.05) is 23.1 Å². The lowest BCUT2D eigenvalue weighted by Gasteiger charge is -2.31. The van der Waals surface area contributed by atoms with Crippen LogP contribution in [0.4, 0.5) is 0 Å². The molecule has 0 saturated carbocycles. The van der Waals surface area contributed by atoms with E-state index in [-0.39, 0.29) is 18.4 Å². The van der Waals surface area contributed by atoms with Gasteiger partial charge in [-0.1, -0.05) is 15.9 Å². The van der Waals surface area contributed by atoms with Gasteiger partial charge in [0.15, 0.2) is 0 Å². The third kappa shape index (κ3) is 3.02. The number of carboxylic acids is 1. The Morgan fingerprint density at radius 1 is 1.27 bits per heavy atom. The van der Waals surface area contributed by atoms with E-state index in [4.69, 9.17) is 9.84 Å². The second-order valence-corrected chi connectivity index (χ2v) is 6.46. The summed E-state index contributed by atoms with van der Waals surface area (Å²) >= 11 is 3.41. The normalized spacial score (nSPS) is 18.2. The number of hydrogen-bond acceptors (Lipinski definition) is 3. The van der Waals surface area contributed by atoms with Gasteiger partial charge in [0.05, 0.1) is 11.5 Å². The number of amides is 1. The van der Waals surface area contributed by atoms with Gasteiger partial charge in [-0.05, 0) is 37.1 Å². The highest BCUT2D eigenvalue weighted by Crippen LogP contribution is 2.30. The van der Waals surface area contributed by atoms with Gasteiger partial charge in [-0.15, -0.1) is 0 Å². The molecule has 0 spiro atoms. The molecule has 1 N–H and O–H groups in total. The molecule has 3 rings (SSSR count). The molecular formula is C16H16BrNO4. The quantitative estimate of drug-likeness (QED) is 0.874. The van der Waals surface area contributed by atoms with Gasteiger partial charge in [-0.2, -0.15) is 0 Å². The molecule has 2 aliphatic rings. The highest BCUT2D eigenvalue weighted by atomic mass is 79.9. The maximum atomic E-state index is 12.5. The summed E-state index contributed by atoms with van der Waals surface area (Å²) < 4.78 is 6.56. The maximum Gasteiger partial charge on any atom is 0.306 e. The highest BCUT2D eigenvalue weighted by molar-refractivity contribution is 9.10. The standard InChI is InChI=1S/C16H16BrNO4/c17-13-1-2-14-11(8-13)7-12(9-22-14)15(19)18-5-3-10(4-6-18)16(20)21/h1-2,7-8,10H,3-6,9H2,(H,20,21). The van der Waals surface area contributed by atoms with Crippen LogP contribution in [0.25, 0.3) is 6.08 Å². The van der Waals surface area contributed by atoms with Crippen molar-refractivity contribution in [3.8, 4) is 5.75 Å². The van der Waals surface area contributed by atoms with Crippen LogP contribution in [-0.4, -0.2) is 41.6 Å². The molecular weight excluding hydrogens is 350 g/mol. The van der Waals surface area contributed by atoms with Crippen molar-refractivity contribution in [3.63, 3.8) is 0 Å². The number of rotatable bonds is 2. The smallest absolute Gasteiger partial charge is 0.306 e. The zero-order valence-corrected chi connectivity index (χ0v) is 13.5. The minimum Gasteiger partial charge on any atom is -0.488 e. The second kappa shape index (κ2) is 6.12. The minimum absolute atomic E-state index is 0.0607. The van der Waals surface area contributed by atoms with Crippen LogP contribution in [0.5, 0.6) is 5.75 Å². The summed E-state index contributed by atoms with van der Waals surface area (Å²) in [5.41, 5.74) is 1.49. The van der Waals surface area contributed by atoms with Crippen molar-refractivity contribution >= 4 is 33.9 Å². The van der Waals surface area contributed by atoms with Gasteiger partial charge < -0.3 is 14.7 Å². The predicted octanol–water partition coefficient (Wildman–Crippen LogP) is 2.55. The predicted molar refractivity (Wildman–Crippen MR) is 84.6 cm³/mol. The number of benzene rings is 1. The van der Waals surface area contributed by atoms with Crippen LogP contribution in [0.1, 0.15) is 18.4 Å². The average molecular weight is 366 g/mol. The van der Waals surface area contributed by atoms with Crippen LogP contribution in [0.15, 0.2) is 28.2 Å². The van der Waals surface area contributed by atoms with Crippen LogP contribution >= 0.6 is 15.9 Å². The first-order chi connectivity index (χ1) is 10.5. The van der Waals surface area contributed by atoms with E-state index in [1.807, 2.05) is 24.3 Å². The second-order valence-electron chi connectivity index (χ2n) is 5.55. The molecule has 1 fully saturated rings. The number of carbonyl (C=O) groups is 2. The van der Waals surface area contributed by atoms with Crippen LogP contribution in [0.2, 0.25) is 0 Å². The number of piperidine rings is 1. The Morgan fingerprint density at radius 3 is 2.68 bits per heavy atom. The number of likely N-dealkylation sites (tertiary alicyclic amines) is 1. The Bertz CT molecular complexity index is 648. The lowest BCUT2D eigenvalue weighted by Crippen LogP contribution is -2.41. The lowest BCUT2D eigenvalue weighted by atomic mass is 9.96. The van der Waals surface area contributed by atoms with E-state index < -0.39 is 5.97 Å². The van der Waals surface area contributed by atoms with Crippen LogP contribution in [0, 0.1) is 5.92 Å². The van der Waals surface area contributed by atoms with Crippen molar-refractivity contribution in [3.05, 3.63) is 33.8 Å². The fourth-order valence-electron chi connectivity index (χ4n) is 2.80. The van der Waals surface area contributed by atoms with Gasteiger partial charge in [-0.25, -0.2) is 0 Å². The Labute approximate surface area is 136 Å². The van der Waals surface area contributed by atoms with Gasteiger partial charge in [0.2, 0.25) is 0 Å². The first-order valence-corrected chi connectivity index (χ1v) is 7.99. The molecule has 22 heavy (non-hydrogen) atoms. The van der Waals surface area contributed by atoms with E-state index in [1.165, 1.54) is 0 Å². The van der Waals surface area contributed by atoms with Crippen molar-refractivity contribution in [1.82, 2.24) is 4.90 Å². The summed E-state index contributed by atoms with van der Waals surface area (Å²) in [5.74, 6) is -0.401. The van der Waals surface area contributed by atoms with Crippen molar-refractivity contribution in [2.45, 2.75) is 12.8 Å². The third-order valence-corrected chi connectivity index (χ3v) is 4.58. The molecule has 6 heteroatoms. The molecule has 0 bridgehead atoms. The van der Waals surface area contributed by atoms with Gasteiger partial charge in [0.25, 0.3) is 5.91 Å². The zero-order valence-electron chi connectivity index (χ0n) is 11.9. The molecule has 0 radical (unpaired) electrons.